The van der Waals surface area contributed by atoms with Crippen molar-refractivity contribution >= 4 is 22.5 Å². The molecule has 0 radical (unpaired) electrons. The Labute approximate surface area is 122 Å². The van der Waals surface area contributed by atoms with E-state index in [1.165, 1.54) is 11.5 Å². The minimum atomic E-state index is -0.335. The summed E-state index contributed by atoms with van der Waals surface area (Å²) in [5.41, 5.74) is 3.10. The van der Waals surface area contributed by atoms with Crippen LogP contribution in [0.1, 0.15) is 34.4 Å². The van der Waals surface area contributed by atoms with Gasteiger partial charge in [0.1, 0.15) is 10.6 Å². The minimum Gasteiger partial charge on any atom is -0.462 e. The summed E-state index contributed by atoms with van der Waals surface area (Å²) in [6.07, 6.45) is 0. The highest BCUT2D eigenvalue weighted by Gasteiger charge is 2.19. The summed E-state index contributed by atoms with van der Waals surface area (Å²) in [4.78, 5) is 16.3. The molecular formula is C14H17N3O2S. The normalized spacial score (nSPS) is 10.3. The molecule has 0 aliphatic carbocycles. The van der Waals surface area contributed by atoms with Crippen molar-refractivity contribution in [2.24, 2.45) is 0 Å². The first-order valence-corrected chi connectivity index (χ1v) is 7.19. The van der Waals surface area contributed by atoms with E-state index in [-0.39, 0.29) is 5.97 Å². The second-order valence-corrected chi connectivity index (χ2v) is 5.09. The Morgan fingerprint density at radius 2 is 2.20 bits per heavy atom. The summed E-state index contributed by atoms with van der Waals surface area (Å²) < 4.78 is 9.26. The van der Waals surface area contributed by atoms with Crippen molar-refractivity contribution in [1.29, 1.82) is 0 Å². The number of rotatable bonds is 5. The maximum atomic E-state index is 11.9. The Hall–Kier alpha value is -1.95. The number of nitrogens with one attached hydrogen (secondary N) is 1. The lowest BCUT2D eigenvalue weighted by molar-refractivity contribution is 0.0527. The SMILES string of the molecule is CCOC(=O)c1c(C)nsc1NCc1cccc(C)n1. The lowest BCUT2D eigenvalue weighted by atomic mass is 10.2. The molecule has 0 spiro atoms. The molecule has 0 saturated carbocycles. The largest absolute Gasteiger partial charge is 0.462 e. The molecule has 2 aromatic heterocycles. The molecule has 2 rings (SSSR count). The van der Waals surface area contributed by atoms with Gasteiger partial charge < -0.3 is 10.1 Å². The Balaban J connectivity index is 2.12. The molecule has 0 aromatic carbocycles. The van der Waals surface area contributed by atoms with Gasteiger partial charge in [0.05, 0.1) is 24.5 Å². The van der Waals surface area contributed by atoms with E-state index in [2.05, 4.69) is 14.7 Å². The Bertz CT molecular complexity index is 610. The van der Waals surface area contributed by atoms with Crippen molar-refractivity contribution in [3.05, 3.63) is 40.8 Å². The van der Waals surface area contributed by atoms with Crippen molar-refractivity contribution in [1.82, 2.24) is 9.36 Å². The molecular weight excluding hydrogens is 274 g/mol. The molecule has 5 nitrogen and oxygen atoms in total. The zero-order chi connectivity index (χ0) is 14.5. The van der Waals surface area contributed by atoms with Gasteiger partial charge >= 0.3 is 5.97 Å². The van der Waals surface area contributed by atoms with Gasteiger partial charge in [-0.25, -0.2) is 4.79 Å². The lowest BCUT2D eigenvalue weighted by Gasteiger charge is -2.07. The van der Waals surface area contributed by atoms with E-state index in [1.54, 1.807) is 13.8 Å². The monoisotopic (exact) mass is 291 g/mol. The van der Waals surface area contributed by atoms with E-state index < -0.39 is 0 Å². The molecule has 0 bridgehead atoms. The third kappa shape index (κ3) is 3.33. The first-order chi connectivity index (χ1) is 9.61. The molecule has 6 heteroatoms. The van der Waals surface area contributed by atoms with Crippen LogP contribution in [0.2, 0.25) is 0 Å². The van der Waals surface area contributed by atoms with Crippen LogP contribution in [0, 0.1) is 13.8 Å². The number of carbonyl (C=O) groups is 1. The second-order valence-electron chi connectivity index (χ2n) is 4.32. The third-order valence-corrected chi connectivity index (χ3v) is 3.61. The van der Waals surface area contributed by atoms with Crippen LogP contribution < -0.4 is 5.32 Å². The van der Waals surface area contributed by atoms with Crippen LogP contribution in [0.25, 0.3) is 0 Å². The number of nitrogens with zero attached hydrogens (tertiary/aromatic N) is 2. The van der Waals surface area contributed by atoms with Gasteiger partial charge in [0, 0.05) is 5.69 Å². The van der Waals surface area contributed by atoms with E-state index >= 15 is 0 Å². The molecule has 0 saturated heterocycles. The highest BCUT2D eigenvalue weighted by molar-refractivity contribution is 7.10. The standard InChI is InChI=1S/C14H17N3O2S/c1-4-19-14(18)12-10(3)17-20-13(12)15-8-11-7-5-6-9(2)16-11/h5-7,15H,4,8H2,1-3H3. The Morgan fingerprint density at radius 1 is 1.40 bits per heavy atom. The minimum absolute atomic E-state index is 0.335. The first kappa shape index (κ1) is 14.5. The number of hydrogen-bond donors (Lipinski definition) is 1. The number of pyridine rings is 1. The highest BCUT2D eigenvalue weighted by Crippen LogP contribution is 2.25. The van der Waals surface area contributed by atoms with Crippen LogP contribution in [0.4, 0.5) is 5.00 Å². The number of anilines is 1. The average molecular weight is 291 g/mol. The van der Waals surface area contributed by atoms with Crippen LogP contribution in [-0.4, -0.2) is 21.9 Å². The maximum Gasteiger partial charge on any atom is 0.343 e. The zero-order valence-corrected chi connectivity index (χ0v) is 12.6. The van der Waals surface area contributed by atoms with Gasteiger partial charge in [0.25, 0.3) is 0 Å². The van der Waals surface area contributed by atoms with Crippen molar-refractivity contribution in [2.75, 3.05) is 11.9 Å². The van der Waals surface area contributed by atoms with E-state index in [0.29, 0.717) is 24.4 Å². The summed E-state index contributed by atoms with van der Waals surface area (Å²) in [7, 11) is 0. The summed E-state index contributed by atoms with van der Waals surface area (Å²) >= 11 is 1.26. The fraction of sp³-hybridized carbons (Fsp3) is 0.357. The molecule has 0 unspecified atom stereocenters. The highest BCUT2D eigenvalue weighted by atomic mass is 32.1. The molecule has 0 atom stereocenters. The van der Waals surface area contributed by atoms with Gasteiger partial charge in [-0.1, -0.05) is 6.07 Å². The Kier molecular flexibility index (Phi) is 4.68. The van der Waals surface area contributed by atoms with Crippen LogP contribution in [-0.2, 0) is 11.3 Å². The Morgan fingerprint density at radius 3 is 2.90 bits per heavy atom. The molecule has 0 amide bonds. The molecule has 1 N–H and O–H groups in total. The van der Waals surface area contributed by atoms with Gasteiger partial charge in [-0.05, 0) is 44.4 Å². The van der Waals surface area contributed by atoms with Crippen LogP contribution in [0.5, 0.6) is 0 Å². The predicted octanol–water partition coefficient (Wildman–Crippen LogP) is 2.94. The second kappa shape index (κ2) is 6.47. The first-order valence-electron chi connectivity index (χ1n) is 6.41. The van der Waals surface area contributed by atoms with Crippen molar-refractivity contribution < 1.29 is 9.53 Å². The number of aromatic nitrogens is 2. The number of hydrogen-bond acceptors (Lipinski definition) is 6. The molecule has 0 aliphatic heterocycles. The average Bonchev–Trinajstić information content (AvgIpc) is 2.78. The van der Waals surface area contributed by atoms with Crippen LogP contribution in [0.15, 0.2) is 18.2 Å². The molecule has 0 aliphatic rings. The fourth-order valence-electron chi connectivity index (χ4n) is 1.80. The molecule has 106 valence electrons. The van der Waals surface area contributed by atoms with E-state index in [9.17, 15) is 4.79 Å². The summed E-state index contributed by atoms with van der Waals surface area (Å²) in [6.45, 7) is 6.45. The van der Waals surface area contributed by atoms with E-state index in [0.717, 1.165) is 16.4 Å². The molecule has 0 fully saturated rings. The predicted molar refractivity (Wildman–Crippen MR) is 79.1 cm³/mol. The van der Waals surface area contributed by atoms with Gasteiger partial charge in [-0.3, -0.25) is 4.98 Å². The topological polar surface area (TPSA) is 64.1 Å². The maximum absolute atomic E-state index is 11.9. The number of carbonyl (C=O) groups excluding carboxylic acids is 1. The van der Waals surface area contributed by atoms with E-state index in [4.69, 9.17) is 4.74 Å². The number of aryl methyl sites for hydroxylation is 2. The van der Waals surface area contributed by atoms with Crippen molar-refractivity contribution in [2.45, 2.75) is 27.3 Å². The van der Waals surface area contributed by atoms with Gasteiger partial charge in [0.15, 0.2) is 0 Å². The number of ether oxygens (including phenoxy) is 1. The van der Waals surface area contributed by atoms with Crippen molar-refractivity contribution in [3.8, 4) is 0 Å². The van der Waals surface area contributed by atoms with Gasteiger partial charge in [0.2, 0.25) is 0 Å². The van der Waals surface area contributed by atoms with Crippen molar-refractivity contribution in [3.63, 3.8) is 0 Å². The third-order valence-electron chi connectivity index (χ3n) is 2.72. The fourth-order valence-corrected chi connectivity index (χ4v) is 2.58. The van der Waals surface area contributed by atoms with Crippen LogP contribution >= 0.6 is 11.5 Å². The quantitative estimate of drug-likeness (QED) is 0.858. The lowest BCUT2D eigenvalue weighted by Crippen LogP contribution is -2.09. The van der Waals surface area contributed by atoms with Crippen LogP contribution in [0.3, 0.4) is 0 Å². The number of esters is 1. The smallest absolute Gasteiger partial charge is 0.343 e. The summed E-state index contributed by atoms with van der Waals surface area (Å²) in [6, 6.07) is 5.85. The molecule has 2 aromatic rings. The summed E-state index contributed by atoms with van der Waals surface area (Å²) in [5.74, 6) is -0.335. The zero-order valence-electron chi connectivity index (χ0n) is 11.8. The molecule has 20 heavy (non-hydrogen) atoms. The van der Waals surface area contributed by atoms with Gasteiger partial charge in [-0.2, -0.15) is 4.37 Å². The summed E-state index contributed by atoms with van der Waals surface area (Å²) in [5, 5.41) is 3.94. The van der Waals surface area contributed by atoms with E-state index in [1.807, 2.05) is 25.1 Å². The molecule has 2 heterocycles. The van der Waals surface area contributed by atoms with Gasteiger partial charge in [-0.15, -0.1) is 0 Å².